The molecule has 1 aromatic carbocycles. The van der Waals surface area contributed by atoms with Crippen molar-refractivity contribution in [3.8, 4) is 11.1 Å². The van der Waals surface area contributed by atoms with Crippen molar-refractivity contribution < 1.29 is 32.3 Å². The van der Waals surface area contributed by atoms with Crippen LogP contribution >= 0.6 is 11.3 Å². The number of carbonyl (C=O) groups is 2. The van der Waals surface area contributed by atoms with Crippen LogP contribution in [0.25, 0.3) is 11.1 Å². The second-order valence-corrected chi connectivity index (χ2v) is 6.26. The standard InChI is InChI=1S/C15H9F4NO3S/c16-7-3-1-6(2-4-7)10-11-12(24-13(10)14(22)23)8(15(17,18)19)5-9(21)20-11/h1-4,8H,5H2,(H,20,21)(H,22,23). The van der Waals surface area contributed by atoms with E-state index in [1.165, 1.54) is 12.1 Å². The van der Waals surface area contributed by atoms with Gasteiger partial charge in [0.1, 0.15) is 16.6 Å². The summed E-state index contributed by atoms with van der Waals surface area (Å²) in [6, 6.07) is 4.65. The number of aromatic carboxylic acids is 1. The van der Waals surface area contributed by atoms with E-state index in [0.717, 1.165) is 12.1 Å². The van der Waals surface area contributed by atoms with Gasteiger partial charge in [-0.2, -0.15) is 13.2 Å². The average molecular weight is 359 g/mol. The number of hydrogen-bond donors (Lipinski definition) is 2. The number of amides is 1. The molecule has 2 aromatic rings. The molecule has 0 aliphatic carbocycles. The first kappa shape index (κ1) is 16.4. The highest BCUT2D eigenvalue weighted by molar-refractivity contribution is 7.15. The number of carboxylic acids is 1. The summed E-state index contributed by atoms with van der Waals surface area (Å²) in [5, 5.41) is 11.7. The van der Waals surface area contributed by atoms with Crippen molar-refractivity contribution in [2.75, 3.05) is 5.32 Å². The van der Waals surface area contributed by atoms with Gasteiger partial charge in [0, 0.05) is 16.9 Å². The number of rotatable bonds is 2. The van der Waals surface area contributed by atoms with E-state index in [0.29, 0.717) is 11.3 Å². The molecule has 1 amide bonds. The molecule has 1 aliphatic heterocycles. The molecule has 2 N–H and O–H groups in total. The van der Waals surface area contributed by atoms with Crippen LogP contribution in [-0.2, 0) is 4.79 Å². The fourth-order valence-corrected chi connectivity index (χ4v) is 3.84. The van der Waals surface area contributed by atoms with Crippen LogP contribution < -0.4 is 5.32 Å². The number of carboxylic acid groups (broad SMARTS) is 1. The van der Waals surface area contributed by atoms with E-state index in [1.807, 2.05) is 0 Å². The highest BCUT2D eigenvalue weighted by Crippen LogP contribution is 2.52. The van der Waals surface area contributed by atoms with E-state index >= 15 is 0 Å². The fraction of sp³-hybridized carbons (Fsp3) is 0.200. The summed E-state index contributed by atoms with van der Waals surface area (Å²) in [6.07, 6.45) is -5.47. The third-order valence-corrected chi connectivity index (χ3v) is 4.92. The number of nitrogens with one attached hydrogen (secondary N) is 1. The molecule has 1 aliphatic rings. The van der Waals surface area contributed by atoms with Crippen molar-refractivity contribution in [3.63, 3.8) is 0 Å². The van der Waals surface area contributed by atoms with Crippen molar-refractivity contribution >= 4 is 28.9 Å². The number of benzene rings is 1. The number of thiophene rings is 1. The Kier molecular flexibility index (Phi) is 3.83. The van der Waals surface area contributed by atoms with Gasteiger partial charge in [0.05, 0.1) is 5.69 Å². The topological polar surface area (TPSA) is 66.4 Å². The monoisotopic (exact) mass is 359 g/mol. The maximum absolute atomic E-state index is 13.2. The van der Waals surface area contributed by atoms with Crippen molar-refractivity contribution in [2.24, 2.45) is 0 Å². The van der Waals surface area contributed by atoms with E-state index in [-0.39, 0.29) is 26.6 Å². The Hall–Kier alpha value is -2.42. The number of halogens is 4. The Balaban J connectivity index is 2.26. The third-order valence-electron chi connectivity index (χ3n) is 3.63. The molecule has 0 saturated heterocycles. The van der Waals surface area contributed by atoms with Crippen molar-refractivity contribution in [2.45, 2.75) is 18.5 Å². The summed E-state index contributed by atoms with van der Waals surface area (Å²) in [6.45, 7) is 0. The molecule has 9 heteroatoms. The Bertz CT molecular complexity index is 826. The minimum absolute atomic E-state index is 0.0372. The number of carbonyl (C=O) groups excluding carboxylic acids is 1. The molecule has 0 radical (unpaired) electrons. The molecule has 3 rings (SSSR count). The second-order valence-electron chi connectivity index (χ2n) is 5.20. The first-order chi connectivity index (χ1) is 11.2. The molecule has 0 fully saturated rings. The van der Waals surface area contributed by atoms with E-state index < -0.39 is 36.2 Å². The smallest absolute Gasteiger partial charge is 0.397 e. The van der Waals surface area contributed by atoms with Gasteiger partial charge in [0.2, 0.25) is 5.91 Å². The molecule has 126 valence electrons. The van der Waals surface area contributed by atoms with Crippen LogP contribution in [-0.4, -0.2) is 23.2 Å². The molecular weight excluding hydrogens is 350 g/mol. The van der Waals surface area contributed by atoms with Gasteiger partial charge < -0.3 is 10.4 Å². The van der Waals surface area contributed by atoms with Crippen LogP contribution in [0.3, 0.4) is 0 Å². The van der Waals surface area contributed by atoms with Gasteiger partial charge in [0.15, 0.2) is 0 Å². The number of anilines is 1. The zero-order chi connectivity index (χ0) is 17.6. The third kappa shape index (κ3) is 2.75. The van der Waals surface area contributed by atoms with E-state index in [4.69, 9.17) is 0 Å². The predicted octanol–water partition coefficient (Wildman–Crippen LogP) is 4.24. The van der Waals surface area contributed by atoms with Crippen LogP contribution in [0.4, 0.5) is 23.2 Å². The maximum Gasteiger partial charge on any atom is 0.397 e. The van der Waals surface area contributed by atoms with Gasteiger partial charge in [-0.1, -0.05) is 12.1 Å². The SMILES string of the molecule is O=C1CC(C(F)(F)F)c2sc(C(=O)O)c(-c3ccc(F)cc3)c2N1. The van der Waals surface area contributed by atoms with E-state index in [1.54, 1.807) is 0 Å². The first-order valence-corrected chi connectivity index (χ1v) is 7.52. The van der Waals surface area contributed by atoms with Crippen molar-refractivity contribution in [1.82, 2.24) is 0 Å². The van der Waals surface area contributed by atoms with Crippen LogP contribution in [0.15, 0.2) is 24.3 Å². The molecule has 0 bridgehead atoms. The van der Waals surface area contributed by atoms with Gasteiger partial charge in [-0.25, -0.2) is 9.18 Å². The van der Waals surface area contributed by atoms with Gasteiger partial charge in [-0.05, 0) is 17.7 Å². The van der Waals surface area contributed by atoms with Crippen LogP contribution in [0.1, 0.15) is 26.9 Å². The lowest BCUT2D eigenvalue weighted by Crippen LogP contribution is -2.30. The largest absolute Gasteiger partial charge is 0.477 e. The van der Waals surface area contributed by atoms with Crippen molar-refractivity contribution in [1.29, 1.82) is 0 Å². The molecule has 24 heavy (non-hydrogen) atoms. The molecule has 1 unspecified atom stereocenters. The lowest BCUT2D eigenvalue weighted by atomic mass is 9.94. The Morgan fingerprint density at radius 3 is 2.42 bits per heavy atom. The molecule has 0 saturated carbocycles. The van der Waals surface area contributed by atoms with Gasteiger partial charge in [-0.15, -0.1) is 11.3 Å². The summed E-state index contributed by atoms with van der Waals surface area (Å²) >= 11 is 0.478. The maximum atomic E-state index is 13.2. The lowest BCUT2D eigenvalue weighted by molar-refractivity contribution is -0.156. The van der Waals surface area contributed by atoms with E-state index in [2.05, 4.69) is 5.32 Å². The number of hydrogen-bond acceptors (Lipinski definition) is 3. The normalized spacial score (nSPS) is 17.3. The Labute approximate surface area is 136 Å². The summed E-state index contributed by atoms with van der Waals surface area (Å²) in [5.41, 5.74) is 0.0156. The van der Waals surface area contributed by atoms with Crippen LogP contribution in [0.2, 0.25) is 0 Å². The highest BCUT2D eigenvalue weighted by atomic mass is 32.1. The fourth-order valence-electron chi connectivity index (χ4n) is 2.59. The lowest BCUT2D eigenvalue weighted by Gasteiger charge is -2.25. The summed E-state index contributed by atoms with van der Waals surface area (Å²) in [5.74, 6) is -4.89. The highest BCUT2D eigenvalue weighted by Gasteiger charge is 2.47. The van der Waals surface area contributed by atoms with Crippen LogP contribution in [0.5, 0.6) is 0 Å². The summed E-state index contributed by atoms with van der Waals surface area (Å²) in [7, 11) is 0. The molecule has 1 aromatic heterocycles. The predicted molar refractivity (Wildman–Crippen MR) is 78.7 cm³/mol. The quantitative estimate of drug-likeness (QED) is 0.788. The molecule has 2 heterocycles. The van der Waals surface area contributed by atoms with Crippen LogP contribution in [0, 0.1) is 5.82 Å². The minimum Gasteiger partial charge on any atom is -0.477 e. The summed E-state index contributed by atoms with van der Waals surface area (Å²) < 4.78 is 52.7. The minimum atomic E-state index is -4.67. The second kappa shape index (κ2) is 5.59. The Morgan fingerprint density at radius 1 is 1.25 bits per heavy atom. The van der Waals surface area contributed by atoms with Crippen molar-refractivity contribution in [3.05, 3.63) is 39.8 Å². The van der Waals surface area contributed by atoms with Gasteiger partial charge >= 0.3 is 12.1 Å². The first-order valence-electron chi connectivity index (χ1n) is 6.71. The Morgan fingerprint density at radius 2 is 1.88 bits per heavy atom. The van der Waals surface area contributed by atoms with Gasteiger partial charge in [0.25, 0.3) is 0 Å². The van der Waals surface area contributed by atoms with Gasteiger partial charge in [-0.3, -0.25) is 4.79 Å². The molecule has 4 nitrogen and oxygen atoms in total. The molecule has 1 atom stereocenters. The van der Waals surface area contributed by atoms with E-state index in [9.17, 15) is 32.3 Å². The molecular formula is C15H9F4NO3S. The average Bonchev–Trinajstić information content (AvgIpc) is 2.85. The zero-order valence-electron chi connectivity index (χ0n) is 11.8. The molecule has 0 spiro atoms. The zero-order valence-corrected chi connectivity index (χ0v) is 12.6. The summed E-state index contributed by atoms with van der Waals surface area (Å²) in [4.78, 5) is 22.6. The number of fused-ring (bicyclic) bond motifs is 1. The number of alkyl halides is 3.